The Morgan fingerprint density at radius 1 is 1.05 bits per heavy atom. The third-order valence-electron chi connectivity index (χ3n) is 3.58. The number of piperazine rings is 1. The van der Waals surface area contributed by atoms with Gasteiger partial charge in [0.15, 0.2) is 5.82 Å². The van der Waals surface area contributed by atoms with E-state index in [1.54, 1.807) is 12.4 Å². The summed E-state index contributed by atoms with van der Waals surface area (Å²) in [6.45, 7) is 4.76. The van der Waals surface area contributed by atoms with Crippen LogP contribution >= 0.6 is 0 Å². The SMILES string of the molecule is NNc1cnc(CN2CCN(c3ccccn3)CC2)cn1. The van der Waals surface area contributed by atoms with Gasteiger partial charge in [0.05, 0.1) is 18.1 Å². The van der Waals surface area contributed by atoms with Crippen LogP contribution in [0.3, 0.4) is 0 Å². The number of rotatable bonds is 4. The van der Waals surface area contributed by atoms with Gasteiger partial charge >= 0.3 is 0 Å². The van der Waals surface area contributed by atoms with Gasteiger partial charge in [0.1, 0.15) is 5.82 Å². The van der Waals surface area contributed by atoms with Crippen LogP contribution in [0.15, 0.2) is 36.8 Å². The lowest BCUT2D eigenvalue weighted by Crippen LogP contribution is -2.46. The molecule has 7 nitrogen and oxygen atoms in total. The van der Waals surface area contributed by atoms with Gasteiger partial charge in [-0.3, -0.25) is 9.88 Å². The van der Waals surface area contributed by atoms with Crippen molar-refractivity contribution in [3.05, 3.63) is 42.5 Å². The van der Waals surface area contributed by atoms with Gasteiger partial charge in [0, 0.05) is 38.9 Å². The van der Waals surface area contributed by atoms with Crippen LogP contribution in [-0.2, 0) is 6.54 Å². The Morgan fingerprint density at radius 3 is 2.52 bits per heavy atom. The molecule has 3 heterocycles. The van der Waals surface area contributed by atoms with Gasteiger partial charge < -0.3 is 10.3 Å². The van der Waals surface area contributed by atoms with E-state index in [1.165, 1.54) is 0 Å². The van der Waals surface area contributed by atoms with Crippen LogP contribution < -0.4 is 16.2 Å². The first kappa shape index (κ1) is 13.7. The highest BCUT2D eigenvalue weighted by molar-refractivity contribution is 5.38. The first-order valence-corrected chi connectivity index (χ1v) is 7.01. The minimum atomic E-state index is 0.582. The molecule has 0 unspecified atom stereocenters. The Bertz CT molecular complexity index is 549. The molecule has 0 saturated carbocycles. The highest BCUT2D eigenvalue weighted by atomic mass is 15.3. The molecule has 0 amide bonds. The van der Waals surface area contributed by atoms with Crippen molar-refractivity contribution in [2.75, 3.05) is 36.5 Å². The highest BCUT2D eigenvalue weighted by Crippen LogP contribution is 2.13. The fourth-order valence-electron chi connectivity index (χ4n) is 2.42. The normalized spacial score (nSPS) is 16.0. The van der Waals surface area contributed by atoms with Gasteiger partial charge in [0.2, 0.25) is 0 Å². The van der Waals surface area contributed by atoms with Crippen molar-refractivity contribution in [3.63, 3.8) is 0 Å². The summed E-state index contributed by atoms with van der Waals surface area (Å²) in [4.78, 5) is 17.6. The third-order valence-corrected chi connectivity index (χ3v) is 3.58. The lowest BCUT2D eigenvalue weighted by molar-refractivity contribution is 0.246. The Kier molecular flexibility index (Phi) is 4.23. The average molecular weight is 285 g/mol. The zero-order chi connectivity index (χ0) is 14.5. The van der Waals surface area contributed by atoms with Crippen molar-refractivity contribution in [2.24, 2.45) is 5.84 Å². The number of hydrazine groups is 1. The number of pyridine rings is 1. The van der Waals surface area contributed by atoms with Crippen LogP contribution in [-0.4, -0.2) is 46.0 Å². The molecule has 0 aliphatic carbocycles. The van der Waals surface area contributed by atoms with Crippen molar-refractivity contribution in [3.8, 4) is 0 Å². The predicted octanol–water partition coefficient (Wildman–Crippen LogP) is 0.479. The van der Waals surface area contributed by atoms with E-state index in [0.29, 0.717) is 5.82 Å². The summed E-state index contributed by atoms with van der Waals surface area (Å²) in [7, 11) is 0. The monoisotopic (exact) mass is 285 g/mol. The van der Waals surface area contributed by atoms with Gasteiger partial charge in [0.25, 0.3) is 0 Å². The minimum Gasteiger partial charge on any atom is -0.354 e. The molecule has 1 saturated heterocycles. The second kappa shape index (κ2) is 6.47. The number of nitrogens with one attached hydrogen (secondary N) is 1. The van der Waals surface area contributed by atoms with Gasteiger partial charge in [-0.1, -0.05) is 6.07 Å². The Labute approximate surface area is 123 Å². The smallest absolute Gasteiger partial charge is 0.158 e. The molecule has 1 fully saturated rings. The molecule has 0 atom stereocenters. The maximum atomic E-state index is 5.28. The molecule has 3 N–H and O–H groups in total. The lowest BCUT2D eigenvalue weighted by Gasteiger charge is -2.35. The standard InChI is InChI=1S/C14H19N7/c15-19-13-10-17-12(9-18-13)11-20-5-7-21(8-6-20)14-3-1-2-4-16-14/h1-4,9-10H,5-8,11,15H2,(H,18,19). The van der Waals surface area contributed by atoms with Crippen molar-refractivity contribution in [1.29, 1.82) is 0 Å². The fraction of sp³-hybridized carbons (Fsp3) is 0.357. The van der Waals surface area contributed by atoms with Crippen LogP contribution in [0.1, 0.15) is 5.69 Å². The number of anilines is 2. The molecule has 0 radical (unpaired) electrons. The zero-order valence-electron chi connectivity index (χ0n) is 11.8. The lowest BCUT2D eigenvalue weighted by atomic mass is 10.3. The van der Waals surface area contributed by atoms with Crippen molar-refractivity contribution in [1.82, 2.24) is 19.9 Å². The number of hydrogen-bond acceptors (Lipinski definition) is 7. The number of nitrogen functional groups attached to an aromatic ring is 1. The molecule has 0 bridgehead atoms. The average Bonchev–Trinajstić information content (AvgIpc) is 2.57. The maximum absolute atomic E-state index is 5.28. The summed E-state index contributed by atoms with van der Waals surface area (Å²) < 4.78 is 0. The molecular formula is C14H19N7. The largest absolute Gasteiger partial charge is 0.354 e. The summed E-state index contributed by atoms with van der Waals surface area (Å²) in [5, 5.41) is 0. The van der Waals surface area contributed by atoms with E-state index in [2.05, 4.69) is 36.2 Å². The van der Waals surface area contributed by atoms with Crippen LogP contribution in [0.4, 0.5) is 11.6 Å². The van der Waals surface area contributed by atoms with E-state index in [0.717, 1.165) is 44.2 Å². The van der Waals surface area contributed by atoms with Crippen molar-refractivity contribution >= 4 is 11.6 Å². The first-order chi connectivity index (χ1) is 10.3. The topological polar surface area (TPSA) is 83.2 Å². The molecule has 3 rings (SSSR count). The van der Waals surface area contributed by atoms with Crippen LogP contribution in [0, 0.1) is 0 Å². The third kappa shape index (κ3) is 3.45. The summed E-state index contributed by atoms with van der Waals surface area (Å²) in [5.74, 6) is 6.91. The molecule has 0 spiro atoms. The molecule has 1 aliphatic heterocycles. The molecule has 0 aromatic carbocycles. The van der Waals surface area contributed by atoms with Gasteiger partial charge in [-0.15, -0.1) is 0 Å². The summed E-state index contributed by atoms with van der Waals surface area (Å²) in [6, 6.07) is 6.02. The molecule has 7 heteroatoms. The fourth-order valence-corrected chi connectivity index (χ4v) is 2.42. The van der Waals surface area contributed by atoms with Crippen molar-refractivity contribution < 1.29 is 0 Å². The predicted molar refractivity (Wildman–Crippen MR) is 81.6 cm³/mol. The quantitative estimate of drug-likeness (QED) is 0.624. The highest BCUT2D eigenvalue weighted by Gasteiger charge is 2.18. The Morgan fingerprint density at radius 2 is 1.90 bits per heavy atom. The van der Waals surface area contributed by atoms with Crippen LogP contribution in [0.25, 0.3) is 0 Å². The van der Waals surface area contributed by atoms with Crippen LogP contribution in [0.5, 0.6) is 0 Å². The number of aromatic nitrogens is 3. The summed E-state index contributed by atoms with van der Waals surface area (Å²) in [6.07, 6.45) is 5.25. The molecular weight excluding hydrogens is 266 g/mol. The van der Waals surface area contributed by atoms with E-state index in [-0.39, 0.29) is 0 Å². The summed E-state index contributed by atoms with van der Waals surface area (Å²) >= 11 is 0. The van der Waals surface area contributed by atoms with E-state index >= 15 is 0 Å². The van der Waals surface area contributed by atoms with E-state index in [1.807, 2.05) is 18.3 Å². The van der Waals surface area contributed by atoms with E-state index < -0.39 is 0 Å². The van der Waals surface area contributed by atoms with Crippen LogP contribution in [0.2, 0.25) is 0 Å². The Hall–Kier alpha value is -2.25. The first-order valence-electron chi connectivity index (χ1n) is 7.01. The minimum absolute atomic E-state index is 0.582. The molecule has 2 aromatic rings. The van der Waals surface area contributed by atoms with Gasteiger partial charge in [-0.25, -0.2) is 15.8 Å². The second-order valence-electron chi connectivity index (χ2n) is 4.99. The molecule has 2 aromatic heterocycles. The Balaban J connectivity index is 1.53. The zero-order valence-corrected chi connectivity index (χ0v) is 11.8. The van der Waals surface area contributed by atoms with Gasteiger partial charge in [-0.2, -0.15) is 0 Å². The van der Waals surface area contributed by atoms with Gasteiger partial charge in [-0.05, 0) is 12.1 Å². The maximum Gasteiger partial charge on any atom is 0.158 e. The van der Waals surface area contributed by atoms with E-state index in [4.69, 9.17) is 5.84 Å². The number of nitrogens with two attached hydrogens (primary N) is 1. The van der Waals surface area contributed by atoms with E-state index in [9.17, 15) is 0 Å². The second-order valence-corrected chi connectivity index (χ2v) is 4.99. The number of hydrogen-bond donors (Lipinski definition) is 2. The van der Waals surface area contributed by atoms with Crippen molar-refractivity contribution in [2.45, 2.75) is 6.54 Å². The molecule has 110 valence electrons. The molecule has 21 heavy (non-hydrogen) atoms. The summed E-state index contributed by atoms with van der Waals surface area (Å²) in [5.41, 5.74) is 3.44. The molecule has 1 aliphatic rings. The number of nitrogens with zero attached hydrogens (tertiary/aromatic N) is 5.